The fourth-order valence-electron chi connectivity index (χ4n) is 10.3. The van der Waals surface area contributed by atoms with Gasteiger partial charge in [-0.15, -0.1) is 11.8 Å². The van der Waals surface area contributed by atoms with Crippen LogP contribution in [0.5, 0.6) is 40.2 Å². The molecule has 0 aromatic heterocycles. The summed E-state index contributed by atoms with van der Waals surface area (Å²) in [7, 11) is 4.91. The van der Waals surface area contributed by atoms with Gasteiger partial charge in [0.05, 0.1) is 37.6 Å². The third-order valence-electron chi connectivity index (χ3n) is 12.8. The van der Waals surface area contributed by atoms with E-state index in [0.717, 1.165) is 16.7 Å². The van der Waals surface area contributed by atoms with E-state index in [-0.39, 0.29) is 43.0 Å². The van der Waals surface area contributed by atoms with E-state index in [0.29, 0.717) is 70.2 Å². The molecular weight excluding hydrogens is 799 g/mol. The number of piperazine rings is 1. The second kappa shape index (κ2) is 15.1. The number of hydrogen-bond acceptors (Lipinski definition) is 17. The average Bonchev–Trinajstić information content (AvgIpc) is 3.72. The normalized spacial score (nSPS) is 27.4. The van der Waals surface area contributed by atoms with Crippen LogP contribution in [0.4, 0.5) is 4.79 Å². The molecule has 3 N–H and O–H groups in total. The van der Waals surface area contributed by atoms with Gasteiger partial charge in [-0.1, -0.05) is 18.7 Å². The molecule has 0 aliphatic carbocycles. The van der Waals surface area contributed by atoms with E-state index in [4.69, 9.17) is 37.9 Å². The van der Waals surface area contributed by atoms with E-state index < -0.39 is 59.3 Å². The summed E-state index contributed by atoms with van der Waals surface area (Å²) in [5, 5.41) is 27.6. The van der Waals surface area contributed by atoms with Gasteiger partial charge in [0.15, 0.2) is 40.0 Å². The second-order valence-electron chi connectivity index (χ2n) is 15.9. The Morgan fingerprint density at radius 3 is 2.55 bits per heavy atom. The fraction of sp³-hybridized carbons (Fsp3) is 0.465. The molecule has 7 aliphatic rings. The molecule has 2 fully saturated rings. The lowest BCUT2D eigenvalue weighted by Gasteiger charge is -2.62. The minimum atomic E-state index is -1.45. The molecule has 3 aromatic carbocycles. The van der Waals surface area contributed by atoms with Crippen molar-refractivity contribution >= 4 is 29.9 Å². The van der Waals surface area contributed by atoms with Gasteiger partial charge in [-0.25, -0.2) is 9.59 Å². The van der Waals surface area contributed by atoms with Crippen LogP contribution in [0, 0.1) is 13.8 Å². The van der Waals surface area contributed by atoms with Crippen LogP contribution in [-0.4, -0.2) is 110 Å². The predicted molar refractivity (Wildman–Crippen MR) is 215 cm³/mol. The molecule has 1 spiro atoms. The van der Waals surface area contributed by atoms with Crippen LogP contribution >= 0.6 is 11.8 Å². The molecule has 0 saturated carbocycles. The number of nitrogens with one attached hydrogen (secondary N) is 1. The Labute approximate surface area is 350 Å². The van der Waals surface area contributed by atoms with Gasteiger partial charge in [0.1, 0.15) is 25.2 Å². The van der Waals surface area contributed by atoms with Crippen LogP contribution in [0.3, 0.4) is 0 Å². The minimum Gasteiger partial charge on any atom is -0.504 e. The summed E-state index contributed by atoms with van der Waals surface area (Å²) in [4.78, 5) is 44.5. The van der Waals surface area contributed by atoms with Crippen molar-refractivity contribution < 1.29 is 62.5 Å². The molecule has 1 unspecified atom stereocenters. The van der Waals surface area contributed by atoms with Crippen LogP contribution in [0.25, 0.3) is 0 Å². The summed E-state index contributed by atoms with van der Waals surface area (Å²) in [6.45, 7) is 8.61. The molecule has 16 nitrogen and oxygen atoms in total. The van der Waals surface area contributed by atoms with Crippen molar-refractivity contribution in [2.75, 3.05) is 53.6 Å². The first-order valence-corrected chi connectivity index (χ1v) is 20.8. The first-order valence-electron chi connectivity index (χ1n) is 19.8. The molecule has 4 bridgehead atoms. The third kappa shape index (κ3) is 5.91. The molecule has 3 aromatic rings. The van der Waals surface area contributed by atoms with E-state index in [2.05, 4.69) is 16.8 Å². The number of hydrogen-bond donors (Lipinski definition) is 3. The summed E-state index contributed by atoms with van der Waals surface area (Å²) >= 11 is 1.44. The van der Waals surface area contributed by atoms with Crippen molar-refractivity contribution in [2.45, 2.75) is 74.8 Å². The molecule has 10 rings (SSSR count). The number of benzene rings is 3. The van der Waals surface area contributed by atoms with Crippen molar-refractivity contribution in [1.29, 1.82) is 0 Å². The second-order valence-corrected chi connectivity index (χ2v) is 17.0. The number of aryl methyl sites for hydroxylation is 1. The number of methoxy groups -OCH3 is 2. The van der Waals surface area contributed by atoms with Crippen molar-refractivity contribution in [3.8, 4) is 40.2 Å². The number of aliphatic hydroxyl groups excluding tert-OH is 1. The lowest BCUT2D eigenvalue weighted by atomic mass is 9.73. The van der Waals surface area contributed by atoms with Crippen molar-refractivity contribution in [3.63, 3.8) is 0 Å². The van der Waals surface area contributed by atoms with Gasteiger partial charge < -0.3 is 48.1 Å². The number of thioether (sulfide) groups is 1. The zero-order valence-electron chi connectivity index (χ0n) is 34.1. The Kier molecular flexibility index (Phi) is 10.1. The molecule has 2 saturated heterocycles. The Balaban J connectivity index is 1.26. The molecular formula is C43H47N3O13S. The number of nitrogens with zero attached hydrogens (tertiary/aromatic N) is 2. The van der Waals surface area contributed by atoms with Gasteiger partial charge in [-0.2, -0.15) is 0 Å². The number of aliphatic hydroxyl groups is 1. The number of carbonyl (C=O) groups excluding carboxylic acids is 3. The summed E-state index contributed by atoms with van der Waals surface area (Å²) in [6.07, 6.45) is 0.327. The smallest absolute Gasteiger partial charge is 0.504 e. The zero-order chi connectivity index (χ0) is 42.4. The number of carbonyl (C=O) groups is 3. The first-order chi connectivity index (χ1) is 28.8. The molecule has 7 aliphatic heterocycles. The number of esters is 2. The van der Waals surface area contributed by atoms with E-state index in [1.54, 1.807) is 12.1 Å². The highest BCUT2D eigenvalue weighted by Gasteiger charge is 2.61. The van der Waals surface area contributed by atoms with Crippen molar-refractivity contribution in [3.05, 3.63) is 75.4 Å². The van der Waals surface area contributed by atoms with Crippen LogP contribution in [-0.2, 0) is 37.4 Å². The van der Waals surface area contributed by atoms with Gasteiger partial charge in [-0.05, 0) is 68.1 Å². The third-order valence-corrected chi connectivity index (χ3v) is 14.2. The van der Waals surface area contributed by atoms with Crippen molar-refractivity contribution in [2.24, 2.45) is 0 Å². The average molecular weight is 846 g/mol. The number of ether oxygens (including phenoxy) is 8. The predicted octanol–water partition coefficient (Wildman–Crippen LogP) is 4.41. The van der Waals surface area contributed by atoms with Crippen LogP contribution in [0.15, 0.2) is 30.9 Å². The molecule has 0 radical (unpaired) electrons. The minimum absolute atomic E-state index is 0.0173. The Morgan fingerprint density at radius 1 is 1.03 bits per heavy atom. The number of likely N-dealkylation sites (N-methyl/N-ethyl adjacent to an activating group) is 1. The monoisotopic (exact) mass is 845 g/mol. The maximum atomic E-state index is 14.9. The zero-order valence-corrected chi connectivity index (χ0v) is 34.9. The van der Waals surface area contributed by atoms with Gasteiger partial charge in [0, 0.05) is 47.5 Å². The SMILES string of the molecule is C=CCOC(=O)Oc1cc2c(cc1OC)[C@@]1(CS[C@@H]3c4c(OC(C)=O)c(C)c5c(c4[C@H](COC1=O)N1C3[C@@H]3c4c(cc(C)c(OC)c4O)C[C@@H]([C@@H]1O)N3C)OCO5)NCC2. The Morgan fingerprint density at radius 2 is 1.82 bits per heavy atom. The number of phenols is 1. The summed E-state index contributed by atoms with van der Waals surface area (Å²) in [6, 6.07) is 2.99. The van der Waals surface area contributed by atoms with Crippen LogP contribution in [0.2, 0.25) is 0 Å². The topological polar surface area (TPSA) is 184 Å². The van der Waals surface area contributed by atoms with E-state index in [1.165, 1.54) is 39.0 Å². The maximum absolute atomic E-state index is 14.9. The number of rotatable bonds is 6. The first kappa shape index (κ1) is 40.2. The number of fused-ring (bicyclic) bond motifs is 9. The van der Waals surface area contributed by atoms with E-state index in [1.807, 2.05) is 31.9 Å². The van der Waals surface area contributed by atoms with Gasteiger partial charge in [0.2, 0.25) is 6.79 Å². The van der Waals surface area contributed by atoms with Crippen molar-refractivity contribution in [1.82, 2.24) is 15.1 Å². The van der Waals surface area contributed by atoms with Gasteiger partial charge in [0.25, 0.3) is 0 Å². The van der Waals surface area contributed by atoms with Gasteiger partial charge >= 0.3 is 18.1 Å². The van der Waals surface area contributed by atoms with E-state index >= 15 is 0 Å². The Bertz CT molecular complexity index is 2340. The quantitative estimate of drug-likeness (QED) is 0.137. The van der Waals surface area contributed by atoms with Gasteiger partial charge in [-0.3, -0.25) is 19.9 Å². The number of aromatic hydroxyl groups is 1. The van der Waals surface area contributed by atoms with Crippen LogP contribution in [0.1, 0.15) is 68.8 Å². The molecule has 0 amide bonds. The lowest BCUT2D eigenvalue weighted by molar-refractivity contribution is -0.186. The molecule has 7 atom stereocenters. The molecule has 17 heteroatoms. The van der Waals surface area contributed by atoms with E-state index in [9.17, 15) is 24.6 Å². The molecule has 60 heavy (non-hydrogen) atoms. The summed E-state index contributed by atoms with van der Waals surface area (Å²) in [5.74, 6) is 0.822. The summed E-state index contributed by atoms with van der Waals surface area (Å²) in [5.41, 5.74) is 4.00. The molecule has 7 heterocycles. The maximum Gasteiger partial charge on any atom is 0.514 e. The highest BCUT2D eigenvalue weighted by molar-refractivity contribution is 7.99. The molecule has 318 valence electrons. The largest absolute Gasteiger partial charge is 0.514 e. The fourth-order valence-corrected chi connectivity index (χ4v) is 12.0. The summed E-state index contributed by atoms with van der Waals surface area (Å²) < 4.78 is 46.9. The highest BCUT2D eigenvalue weighted by Crippen LogP contribution is 2.64. The standard InChI is InChI=1S/C43H47N3O13S/c1-8-11-54-42(51)59-28-14-22-9-10-44-43(24(22)15-27(28)52-6)17-60-39-31-30(38-37(56-18-57-38)20(3)36(31)58-21(4)47)26(16-55-41(43)50)46-33(39)32-29-23(13-25(40(46)49)45(32)5)12-19(2)35(53-7)34(29)48/h8,12,14-15,25-26,32-33,39-40,44,48-49H,1,9-11,13,16-18H2,2-7H3/t25-,26-,32-,33?,39+,40-,43+/m0/s1. The highest BCUT2D eigenvalue weighted by atomic mass is 32.2. The lowest BCUT2D eigenvalue weighted by Crippen LogP contribution is -2.70. The Hall–Kier alpha value is -5.20. The number of phenolic OH excluding ortho intramolecular Hbond substituents is 1. The van der Waals surface area contributed by atoms with Crippen LogP contribution < -0.4 is 33.7 Å².